The molecule has 1 aliphatic heterocycles. The molecule has 2 unspecified atom stereocenters. The predicted octanol–water partition coefficient (Wildman–Crippen LogP) is 1.61. The molecule has 1 aliphatic carbocycles. The summed E-state index contributed by atoms with van der Waals surface area (Å²) in [6.07, 6.45) is 7.16. The van der Waals surface area contributed by atoms with Crippen LogP contribution in [-0.2, 0) is 4.79 Å². The maximum Gasteiger partial charge on any atom is 0.224 e. The molecular formula is C16H31N3O. The van der Waals surface area contributed by atoms with E-state index in [1.807, 2.05) is 0 Å². The molecule has 0 aromatic rings. The number of nitrogens with zero attached hydrogens (tertiary/aromatic N) is 1. The van der Waals surface area contributed by atoms with Gasteiger partial charge in [0.25, 0.3) is 0 Å². The fourth-order valence-electron chi connectivity index (χ4n) is 3.83. The van der Waals surface area contributed by atoms with Crippen molar-refractivity contribution in [2.24, 2.45) is 11.8 Å². The Kier molecular flexibility index (Phi) is 5.44. The van der Waals surface area contributed by atoms with Crippen molar-refractivity contribution in [3.05, 3.63) is 0 Å². The largest absolute Gasteiger partial charge is 0.354 e. The van der Waals surface area contributed by atoms with Crippen molar-refractivity contribution in [1.82, 2.24) is 15.5 Å². The van der Waals surface area contributed by atoms with Gasteiger partial charge in [0.15, 0.2) is 0 Å². The molecule has 1 saturated heterocycles. The summed E-state index contributed by atoms with van der Waals surface area (Å²) in [5.41, 5.74) is 0.162. The van der Waals surface area contributed by atoms with E-state index < -0.39 is 0 Å². The number of likely N-dealkylation sites (N-methyl/N-ethyl adjacent to an activating group) is 1. The highest BCUT2D eigenvalue weighted by molar-refractivity contribution is 5.79. The first kappa shape index (κ1) is 15.8. The summed E-state index contributed by atoms with van der Waals surface area (Å²) in [6, 6.07) is 0. The quantitative estimate of drug-likeness (QED) is 0.823. The third kappa shape index (κ3) is 3.73. The first-order valence-electron chi connectivity index (χ1n) is 8.19. The van der Waals surface area contributed by atoms with E-state index in [4.69, 9.17) is 0 Å². The second kappa shape index (κ2) is 6.90. The van der Waals surface area contributed by atoms with Crippen molar-refractivity contribution in [2.45, 2.75) is 51.0 Å². The molecule has 1 heterocycles. The Hall–Kier alpha value is -0.610. The molecule has 2 rings (SSSR count). The van der Waals surface area contributed by atoms with Gasteiger partial charge in [0.05, 0.1) is 5.92 Å². The second-order valence-electron chi connectivity index (χ2n) is 7.08. The molecule has 0 bridgehead atoms. The van der Waals surface area contributed by atoms with Crippen molar-refractivity contribution in [2.75, 3.05) is 33.7 Å². The summed E-state index contributed by atoms with van der Waals surface area (Å²) < 4.78 is 0. The monoisotopic (exact) mass is 281 g/mol. The van der Waals surface area contributed by atoms with Crippen LogP contribution in [-0.4, -0.2) is 50.1 Å². The summed E-state index contributed by atoms with van der Waals surface area (Å²) in [7, 11) is 4.32. The highest BCUT2D eigenvalue weighted by atomic mass is 16.1. The van der Waals surface area contributed by atoms with Crippen LogP contribution in [0.4, 0.5) is 0 Å². The lowest BCUT2D eigenvalue weighted by Gasteiger charge is -2.45. The summed E-state index contributed by atoms with van der Waals surface area (Å²) in [5.74, 6) is 1.18. The first-order valence-corrected chi connectivity index (χ1v) is 8.19. The lowest BCUT2D eigenvalue weighted by molar-refractivity contribution is -0.126. The number of hydrogen-bond donors (Lipinski definition) is 2. The fraction of sp³-hybridized carbons (Fsp3) is 0.938. The normalized spacial score (nSPS) is 35.0. The standard InChI is InChI=1S/C16H31N3O/c1-13-6-4-8-16(10-13,19(2)3)12-18-15(20)14-7-5-9-17-11-14/h13-14,17H,4-12H2,1-3H3,(H,18,20)/t13?,14-,16?/m0/s1. The van der Waals surface area contributed by atoms with Gasteiger partial charge in [-0.1, -0.05) is 19.8 Å². The van der Waals surface area contributed by atoms with Crippen LogP contribution in [0.25, 0.3) is 0 Å². The summed E-state index contributed by atoms with van der Waals surface area (Å²) >= 11 is 0. The number of hydrogen-bond acceptors (Lipinski definition) is 3. The van der Waals surface area contributed by atoms with Crippen LogP contribution >= 0.6 is 0 Å². The van der Waals surface area contributed by atoms with E-state index in [0.29, 0.717) is 0 Å². The van der Waals surface area contributed by atoms with Gasteiger partial charge in [0, 0.05) is 18.6 Å². The SMILES string of the molecule is CC1CCCC(CNC(=O)[C@H]2CCCNC2)(N(C)C)C1. The maximum atomic E-state index is 12.3. The van der Waals surface area contributed by atoms with E-state index in [-0.39, 0.29) is 17.4 Å². The van der Waals surface area contributed by atoms with Crippen molar-refractivity contribution >= 4 is 5.91 Å². The highest BCUT2D eigenvalue weighted by Gasteiger charge is 2.37. The van der Waals surface area contributed by atoms with Gasteiger partial charge < -0.3 is 15.5 Å². The minimum atomic E-state index is 0.162. The van der Waals surface area contributed by atoms with Crippen molar-refractivity contribution < 1.29 is 4.79 Å². The molecule has 4 nitrogen and oxygen atoms in total. The molecule has 3 atom stereocenters. The number of nitrogens with one attached hydrogen (secondary N) is 2. The average Bonchev–Trinajstić information content (AvgIpc) is 2.45. The van der Waals surface area contributed by atoms with Crippen LogP contribution < -0.4 is 10.6 Å². The van der Waals surface area contributed by atoms with Crippen LogP contribution in [0.3, 0.4) is 0 Å². The summed E-state index contributed by atoms with van der Waals surface area (Å²) in [5, 5.41) is 6.57. The average molecular weight is 281 g/mol. The van der Waals surface area contributed by atoms with E-state index in [9.17, 15) is 4.79 Å². The van der Waals surface area contributed by atoms with Crippen molar-refractivity contribution in [1.29, 1.82) is 0 Å². The third-order valence-electron chi connectivity index (χ3n) is 5.28. The third-order valence-corrected chi connectivity index (χ3v) is 5.28. The van der Waals surface area contributed by atoms with E-state index in [0.717, 1.165) is 38.4 Å². The molecule has 2 fully saturated rings. The molecule has 0 radical (unpaired) electrons. The zero-order valence-corrected chi connectivity index (χ0v) is 13.4. The number of carbonyl (C=O) groups excluding carboxylic acids is 1. The summed E-state index contributed by atoms with van der Waals surface area (Å²) in [4.78, 5) is 14.7. The Morgan fingerprint density at radius 2 is 2.15 bits per heavy atom. The molecule has 0 spiro atoms. The molecule has 20 heavy (non-hydrogen) atoms. The van der Waals surface area contributed by atoms with Gasteiger partial charge in [-0.3, -0.25) is 4.79 Å². The van der Waals surface area contributed by atoms with Crippen molar-refractivity contribution in [3.63, 3.8) is 0 Å². The summed E-state index contributed by atoms with van der Waals surface area (Å²) in [6.45, 7) is 5.05. The molecule has 1 amide bonds. The van der Waals surface area contributed by atoms with E-state index >= 15 is 0 Å². The lowest BCUT2D eigenvalue weighted by atomic mass is 9.75. The number of rotatable bonds is 4. The van der Waals surface area contributed by atoms with Crippen LogP contribution in [0.15, 0.2) is 0 Å². The fourth-order valence-corrected chi connectivity index (χ4v) is 3.83. The van der Waals surface area contributed by atoms with Crippen LogP contribution in [0.2, 0.25) is 0 Å². The second-order valence-corrected chi connectivity index (χ2v) is 7.08. The van der Waals surface area contributed by atoms with E-state index in [2.05, 4.69) is 36.6 Å². The Bertz CT molecular complexity index is 326. The maximum absolute atomic E-state index is 12.3. The number of carbonyl (C=O) groups is 1. The van der Waals surface area contributed by atoms with Gasteiger partial charge in [0.1, 0.15) is 0 Å². The zero-order valence-electron chi connectivity index (χ0n) is 13.4. The van der Waals surface area contributed by atoms with Gasteiger partial charge in [-0.15, -0.1) is 0 Å². The Morgan fingerprint density at radius 1 is 1.35 bits per heavy atom. The van der Waals surface area contributed by atoms with Crippen LogP contribution in [0.5, 0.6) is 0 Å². The van der Waals surface area contributed by atoms with E-state index in [1.54, 1.807) is 0 Å². The van der Waals surface area contributed by atoms with Crippen LogP contribution in [0, 0.1) is 11.8 Å². The molecular weight excluding hydrogens is 250 g/mol. The van der Waals surface area contributed by atoms with Gasteiger partial charge in [0.2, 0.25) is 5.91 Å². The molecule has 2 N–H and O–H groups in total. The number of amides is 1. The smallest absolute Gasteiger partial charge is 0.224 e. The van der Waals surface area contributed by atoms with Crippen molar-refractivity contribution in [3.8, 4) is 0 Å². The predicted molar refractivity (Wildman–Crippen MR) is 82.7 cm³/mol. The van der Waals surface area contributed by atoms with Gasteiger partial charge in [-0.25, -0.2) is 0 Å². The molecule has 2 aliphatic rings. The van der Waals surface area contributed by atoms with Gasteiger partial charge in [-0.2, -0.15) is 0 Å². The van der Waals surface area contributed by atoms with Gasteiger partial charge >= 0.3 is 0 Å². The molecule has 0 aromatic heterocycles. The molecule has 4 heteroatoms. The zero-order chi connectivity index (χ0) is 14.6. The lowest BCUT2D eigenvalue weighted by Crippen LogP contribution is -2.56. The molecule has 0 aromatic carbocycles. The minimum Gasteiger partial charge on any atom is -0.354 e. The Labute approximate surface area is 123 Å². The van der Waals surface area contributed by atoms with E-state index in [1.165, 1.54) is 25.7 Å². The molecule has 1 saturated carbocycles. The van der Waals surface area contributed by atoms with Gasteiger partial charge in [-0.05, 0) is 52.2 Å². The highest BCUT2D eigenvalue weighted by Crippen LogP contribution is 2.35. The Balaban J connectivity index is 1.90. The first-order chi connectivity index (χ1) is 9.53. The topological polar surface area (TPSA) is 44.4 Å². The minimum absolute atomic E-state index is 0.162. The van der Waals surface area contributed by atoms with Crippen LogP contribution in [0.1, 0.15) is 45.4 Å². The Morgan fingerprint density at radius 3 is 2.75 bits per heavy atom. The number of piperidine rings is 1. The molecule has 116 valence electrons.